The number of rotatable bonds is 7. The quantitative estimate of drug-likeness (QED) is 0.774. The van der Waals surface area contributed by atoms with E-state index in [9.17, 15) is 18.0 Å². The third-order valence-electron chi connectivity index (χ3n) is 4.00. The third kappa shape index (κ3) is 5.79. The molecule has 1 aliphatic heterocycles. The fourth-order valence-corrected chi connectivity index (χ4v) is 2.76. The molecule has 1 atom stereocenters. The number of halogens is 3. The van der Waals surface area contributed by atoms with Crippen molar-refractivity contribution in [2.45, 2.75) is 38.5 Å². The van der Waals surface area contributed by atoms with Crippen molar-refractivity contribution in [2.24, 2.45) is 0 Å². The zero-order valence-corrected chi connectivity index (χ0v) is 13.7. The maximum Gasteiger partial charge on any atom is 0.416 e. The lowest BCUT2D eigenvalue weighted by atomic mass is 10.1. The number of nitrogens with zero attached hydrogens (tertiary/aromatic N) is 1. The molecule has 1 saturated heterocycles. The van der Waals surface area contributed by atoms with Crippen LogP contribution in [0.25, 0.3) is 0 Å². The first kappa shape index (κ1) is 18.7. The largest absolute Gasteiger partial charge is 0.416 e. The van der Waals surface area contributed by atoms with Gasteiger partial charge < -0.3 is 10.1 Å². The topological polar surface area (TPSA) is 41.6 Å². The molecule has 4 nitrogen and oxygen atoms in total. The van der Waals surface area contributed by atoms with Crippen LogP contribution in [0.1, 0.15) is 30.9 Å². The van der Waals surface area contributed by atoms with Crippen molar-refractivity contribution in [1.29, 1.82) is 0 Å². The fraction of sp³-hybridized carbons (Fsp3) is 0.588. The van der Waals surface area contributed by atoms with E-state index in [0.29, 0.717) is 32.7 Å². The first-order valence-electron chi connectivity index (χ1n) is 8.14. The van der Waals surface area contributed by atoms with Crippen LogP contribution in [0.15, 0.2) is 24.3 Å². The first-order chi connectivity index (χ1) is 11.4. The minimum atomic E-state index is -4.30. The molecule has 1 aromatic carbocycles. The van der Waals surface area contributed by atoms with Gasteiger partial charge in [0.2, 0.25) is 5.91 Å². The molecule has 2 rings (SSSR count). The number of benzene rings is 1. The van der Waals surface area contributed by atoms with Crippen molar-refractivity contribution in [2.75, 3.05) is 26.3 Å². The summed E-state index contributed by atoms with van der Waals surface area (Å²) in [5.74, 6) is -0.0233. The Morgan fingerprint density at radius 2 is 2.04 bits per heavy atom. The first-order valence-corrected chi connectivity index (χ1v) is 8.14. The lowest BCUT2D eigenvalue weighted by molar-refractivity contribution is -0.137. The summed E-state index contributed by atoms with van der Waals surface area (Å²) >= 11 is 0. The molecule has 1 fully saturated rings. The monoisotopic (exact) mass is 344 g/mol. The third-order valence-corrected chi connectivity index (χ3v) is 4.00. The molecule has 0 radical (unpaired) electrons. The molecule has 134 valence electrons. The molecule has 0 bridgehead atoms. The SMILES string of the molecule is CCOCCC(=O)N[C@@H]1CCN(Cc2ccc(C(F)(F)F)cc2)C1. The van der Waals surface area contributed by atoms with Gasteiger partial charge in [0.1, 0.15) is 0 Å². The second-order valence-electron chi connectivity index (χ2n) is 5.93. The maximum atomic E-state index is 12.5. The summed E-state index contributed by atoms with van der Waals surface area (Å²) < 4.78 is 42.8. The number of likely N-dealkylation sites (tertiary alicyclic amines) is 1. The van der Waals surface area contributed by atoms with Crippen LogP contribution in [0.3, 0.4) is 0 Å². The summed E-state index contributed by atoms with van der Waals surface area (Å²) in [6.07, 6.45) is -3.10. The number of hydrogen-bond acceptors (Lipinski definition) is 3. The van der Waals surface area contributed by atoms with E-state index in [1.165, 1.54) is 12.1 Å². The van der Waals surface area contributed by atoms with E-state index in [1.54, 1.807) is 0 Å². The second-order valence-corrected chi connectivity index (χ2v) is 5.93. The number of carbonyl (C=O) groups is 1. The highest BCUT2D eigenvalue weighted by atomic mass is 19.4. The molecular formula is C17H23F3N2O2. The van der Waals surface area contributed by atoms with E-state index in [2.05, 4.69) is 10.2 Å². The van der Waals surface area contributed by atoms with Gasteiger partial charge in [0.05, 0.1) is 12.2 Å². The van der Waals surface area contributed by atoms with E-state index in [0.717, 1.165) is 30.7 Å². The normalized spacial score (nSPS) is 18.8. The molecule has 0 unspecified atom stereocenters. The molecule has 7 heteroatoms. The van der Waals surface area contributed by atoms with E-state index in [4.69, 9.17) is 4.74 Å². The summed E-state index contributed by atoms with van der Waals surface area (Å²) in [5.41, 5.74) is 0.207. The summed E-state index contributed by atoms with van der Waals surface area (Å²) in [6.45, 7) is 5.01. The van der Waals surface area contributed by atoms with Gasteiger partial charge >= 0.3 is 6.18 Å². The van der Waals surface area contributed by atoms with Crippen LogP contribution >= 0.6 is 0 Å². The minimum absolute atomic E-state index is 0.0233. The van der Waals surface area contributed by atoms with Gasteiger partial charge in [-0.25, -0.2) is 0 Å². The van der Waals surface area contributed by atoms with Gasteiger partial charge in [-0.15, -0.1) is 0 Å². The molecule has 0 aliphatic carbocycles. The molecule has 1 aliphatic rings. The van der Waals surface area contributed by atoms with Crippen LogP contribution in [-0.4, -0.2) is 43.2 Å². The van der Waals surface area contributed by atoms with Crippen molar-refractivity contribution in [1.82, 2.24) is 10.2 Å². The van der Waals surface area contributed by atoms with Crippen LogP contribution in [-0.2, 0) is 22.3 Å². The number of nitrogens with one attached hydrogen (secondary N) is 1. The molecule has 0 spiro atoms. The number of alkyl halides is 3. The minimum Gasteiger partial charge on any atom is -0.381 e. The van der Waals surface area contributed by atoms with Crippen molar-refractivity contribution in [3.05, 3.63) is 35.4 Å². The Bertz CT molecular complexity index is 532. The van der Waals surface area contributed by atoms with Crippen molar-refractivity contribution in [3.8, 4) is 0 Å². The van der Waals surface area contributed by atoms with Gasteiger partial charge in [0.25, 0.3) is 0 Å². The zero-order chi connectivity index (χ0) is 17.6. The maximum absolute atomic E-state index is 12.5. The number of hydrogen-bond donors (Lipinski definition) is 1. The Balaban J connectivity index is 1.76. The zero-order valence-electron chi connectivity index (χ0n) is 13.7. The Kier molecular flexibility index (Phi) is 6.62. The van der Waals surface area contributed by atoms with Gasteiger partial charge in [-0.05, 0) is 31.0 Å². The van der Waals surface area contributed by atoms with Crippen molar-refractivity contribution in [3.63, 3.8) is 0 Å². The highest BCUT2D eigenvalue weighted by molar-refractivity contribution is 5.76. The average molecular weight is 344 g/mol. The Hall–Kier alpha value is -1.60. The highest BCUT2D eigenvalue weighted by Gasteiger charge is 2.30. The van der Waals surface area contributed by atoms with Gasteiger partial charge in [-0.3, -0.25) is 9.69 Å². The predicted molar refractivity (Wildman–Crippen MR) is 84.4 cm³/mol. The lowest BCUT2D eigenvalue weighted by Gasteiger charge is -2.17. The van der Waals surface area contributed by atoms with Crippen LogP contribution in [0, 0.1) is 0 Å². The molecule has 0 aromatic heterocycles. The summed E-state index contributed by atoms with van der Waals surface area (Å²) in [7, 11) is 0. The number of carbonyl (C=O) groups excluding carboxylic acids is 1. The molecule has 1 amide bonds. The summed E-state index contributed by atoms with van der Waals surface area (Å²) in [4.78, 5) is 13.9. The lowest BCUT2D eigenvalue weighted by Crippen LogP contribution is -2.37. The molecule has 24 heavy (non-hydrogen) atoms. The van der Waals surface area contributed by atoms with Crippen LogP contribution in [0.5, 0.6) is 0 Å². The van der Waals surface area contributed by atoms with Crippen LogP contribution in [0.4, 0.5) is 13.2 Å². The smallest absolute Gasteiger partial charge is 0.381 e. The second kappa shape index (κ2) is 8.48. The summed E-state index contributed by atoms with van der Waals surface area (Å²) in [6, 6.07) is 5.33. The van der Waals surface area contributed by atoms with E-state index in [-0.39, 0.29) is 11.9 Å². The van der Waals surface area contributed by atoms with Crippen LogP contribution < -0.4 is 5.32 Å². The predicted octanol–water partition coefficient (Wildman–Crippen LogP) is 2.82. The van der Waals surface area contributed by atoms with E-state index in [1.807, 2.05) is 6.92 Å². The standard InChI is InChI=1S/C17H23F3N2O2/c1-2-24-10-8-16(23)21-15-7-9-22(12-15)11-13-3-5-14(6-4-13)17(18,19)20/h3-6,15H,2,7-12H2,1H3,(H,21,23)/t15-/m1/s1. The van der Waals surface area contributed by atoms with Crippen molar-refractivity contribution < 1.29 is 22.7 Å². The number of amides is 1. The highest BCUT2D eigenvalue weighted by Crippen LogP contribution is 2.29. The molecular weight excluding hydrogens is 321 g/mol. The fourth-order valence-electron chi connectivity index (χ4n) is 2.76. The van der Waals surface area contributed by atoms with Crippen molar-refractivity contribution >= 4 is 5.91 Å². The van der Waals surface area contributed by atoms with E-state index < -0.39 is 11.7 Å². The molecule has 1 aromatic rings. The van der Waals surface area contributed by atoms with Gasteiger partial charge in [-0.1, -0.05) is 12.1 Å². The Labute approximate surface area is 140 Å². The number of ether oxygens (including phenoxy) is 1. The van der Waals surface area contributed by atoms with Crippen LogP contribution in [0.2, 0.25) is 0 Å². The van der Waals surface area contributed by atoms with Gasteiger partial charge in [0.15, 0.2) is 0 Å². The van der Waals surface area contributed by atoms with E-state index >= 15 is 0 Å². The Morgan fingerprint density at radius 3 is 2.67 bits per heavy atom. The molecule has 0 saturated carbocycles. The van der Waals surface area contributed by atoms with Gasteiger partial charge in [-0.2, -0.15) is 13.2 Å². The summed E-state index contributed by atoms with van der Waals surface area (Å²) in [5, 5.41) is 2.97. The molecule has 1 N–H and O–H groups in total. The average Bonchev–Trinajstić information content (AvgIpc) is 2.94. The van der Waals surface area contributed by atoms with Gasteiger partial charge in [0, 0.05) is 38.7 Å². The Morgan fingerprint density at radius 1 is 1.33 bits per heavy atom. The molecule has 1 heterocycles.